The normalized spacial score (nSPS) is 34.2. The van der Waals surface area contributed by atoms with Crippen LogP contribution in [0.2, 0.25) is 0 Å². The first-order chi connectivity index (χ1) is 6.15. The van der Waals surface area contributed by atoms with Crippen molar-refractivity contribution >= 4 is 5.97 Å². The zero-order chi connectivity index (χ0) is 9.84. The van der Waals surface area contributed by atoms with E-state index in [4.69, 9.17) is 10.5 Å². The van der Waals surface area contributed by atoms with Crippen molar-refractivity contribution in [1.82, 2.24) is 0 Å². The number of esters is 1. The molecule has 0 aromatic rings. The second kappa shape index (κ2) is 4.56. The second-order valence-electron chi connectivity index (χ2n) is 3.44. The minimum absolute atomic E-state index is 0.222. The third-order valence-corrected chi connectivity index (χ3v) is 2.44. The third-order valence-electron chi connectivity index (χ3n) is 2.44. The standard InChI is InChI=1S/C9H16FNO2/c1-2-13-9(12)6-3-4-8(11)7(10)5-6/h6-8H,2-5,11H2,1H3/t6-,7+,8-/m0/s1. The Hall–Kier alpha value is -0.640. The average Bonchev–Trinajstić information content (AvgIpc) is 2.10. The van der Waals surface area contributed by atoms with E-state index < -0.39 is 12.2 Å². The summed E-state index contributed by atoms with van der Waals surface area (Å²) in [7, 11) is 0. The Kier molecular flexibility index (Phi) is 3.66. The summed E-state index contributed by atoms with van der Waals surface area (Å²) >= 11 is 0. The summed E-state index contributed by atoms with van der Waals surface area (Å²) in [5.74, 6) is -0.563. The van der Waals surface area contributed by atoms with E-state index in [1.807, 2.05) is 0 Å². The Labute approximate surface area is 77.4 Å². The van der Waals surface area contributed by atoms with Crippen LogP contribution in [0, 0.1) is 5.92 Å². The van der Waals surface area contributed by atoms with E-state index in [2.05, 4.69) is 0 Å². The molecule has 1 fully saturated rings. The molecule has 0 saturated heterocycles. The fourth-order valence-corrected chi connectivity index (χ4v) is 1.61. The Balaban J connectivity index is 2.40. The number of carbonyl (C=O) groups is 1. The number of nitrogens with two attached hydrogens (primary N) is 1. The first-order valence-corrected chi connectivity index (χ1v) is 4.71. The lowest BCUT2D eigenvalue weighted by atomic mass is 9.85. The molecule has 0 amide bonds. The number of rotatable bonds is 2. The summed E-state index contributed by atoms with van der Waals surface area (Å²) in [4.78, 5) is 11.2. The molecule has 0 heterocycles. The molecular formula is C9H16FNO2. The molecule has 76 valence electrons. The zero-order valence-electron chi connectivity index (χ0n) is 7.83. The van der Waals surface area contributed by atoms with Crippen molar-refractivity contribution in [2.75, 3.05) is 6.61 Å². The van der Waals surface area contributed by atoms with Crippen molar-refractivity contribution in [2.45, 2.75) is 38.4 Å². The van der Waals surface area contributed by atoms with Crippen LogP contribution in [0.4, 0.5) is 4.39 Å². The van der Waals surface area contributed by atoms with E-state index in [0.29, 0.717) is 19.4 Å². The molecule has 1 aliphatic rings. The zero-order valence-corrected chi connectivity index (χ0v) is 7.83. The van der Waals surface area contributed by atoms with Gasteiger partial charge in [-0.3, -0.25) is 4.79 Å². The molecule has 0 spiro atoms. The van der Waals surface area contributed by atoms with Gasteiger partial charge in [-0.15, -0.1) is 0 Å². The van der Waals surface area contributed by atoms with Crippen molar-refractivity contribution < 1.29 is 13.9 Å². The van der Waals surface area contributed by atoms with Crippen molar-refractivity contribution in [2.24, 2.45) is 11.7 Å². The van der Waals surface area contributed by atoms with Gasteiger partial charge in [0.15, 0.2) is 0 Å². The van der Waals surface area contributed by atoms with Gasteiger partial charge < -0.3 is 10.5 Å². The molecule has 13 heavy (non-hydrogen) atoms. The highest BCUT2D eigenvalue weighted by Gasteiger charge is 2.32. The smallest absolute Gasteiger partial charge is 0.309 e. The van der Waals surface area contributed by atoms with Crippen LogP contribution in [0.1, 0.15) is 26.2 Å². The summed E-state index contributed by atoms with van der Waals surface area (Å²) in [6.07, 6.45) is 0.397. The monoisotopic (exact) mass is 189 g/mol. The average molecular weight is 189 g/mol. The van der Waals surface area contributed by atoms with Gasteiger partial charge in [0.25, 0.3) is 0 Å². The fraction of sp³-hybridized carbons (Fsp3) is 0.889. The summed E-state index contributed by atoms with van der Waals surface area (Å²) < 4.78 is 17.9. The molecule has 3 nitrogen and oxygen atoms in total. The molecule has 0 bridgehead atoms. The maximum atomic E-state index is 13.1. The van der Waals surface area contributed by atoms with Crippen LogP contribution in [0.25, 0.3) is 0 Å². The quantitative estimate of drug-likeness (QED) is 0.660. The van der Waals surface area contributed by atoms with Crippen LogP contribution in [-0.2, 0) is 9.53 Å². The van der Waals surface area contributed by atoms with Crippen LogP contribution < -0.4 is 5.73 Å². The van der Waals surface area contributed by atoms with Crippen molar-refractivity contribution in [3.05, 3.63) is 0 Å². The Morgan fingerprint density at radius 3 is 2.85 bits per heavy atom. The van der Waals surface area contributed by atoms with Gasteiger partial charge in [-0.2, -0.15) is 0 Å². The van der Waals surface area contributed by atoms with Crippen LogP contribution in [-0.4, -0.2) is 24.8 Å². The van der Waals surface area contributed by atoms with E-state index in [9.17, 15) is 9.18 Å². The highest BCUT2D eigenvalue weighted by molar-refractivity contribution is 5.72. The Morgan fingerprint density at radius 2 is 2.31 bits per heavy atom. The SMILES string of the molecule is CCOC(=O)[C@H]1CC[C@H](N)[C@H](F)C1. The van der Waals surface area contributed by atoms with Crippen molar-refractivity contribution in [3.63, 3.8) is 0 Å². The van der Waals surface area contributed by atoms with Gasteiger partial charge in [0.05, 0.1) is 12.5 Å². The Bertz CT molecular complexity index is 186. The third kappa shape index (κ3) is 2.66. The predicted molar refractivity (Wildman–Crippen MR) is 46.8 cm³/mol. The summed E-state index contributed by atoms with van der Waals surface area (Å²) in [5, 5.41) is 0. The molecule has 0 aromatic carbocycles. The number of hydrogen-bond donors (Lipinski definition) is 1. The summed E-state index contributed by atoms with van der Waals surface area (Å²) in [6, 6.07) is -0.398. The van der Waals surface area contributed by atoms with Gasteiger partial charge >= 0.3 is 5.97 Å². The maximum Gasteiger partial charge on any atom is 0.309 e. The second-order valence-corrected chi connectivity index (χ2v) is 3.44. The van der Waals surface area contributed by atoms with Crippen molar-refractivity contribution in [1.29, 1.82) is 0 Å². The molecule has 1 rings (SSSR count). The number of halogens is 1. The summed E-state index contributed by atoms with van der Waals surface area (Å²) in [5.41, 5.74) is 5.49. The molecule has 0 aromatic heterocycles. The van der Waals surface area contributed by atoms with E-state index in [1.165, 1.54) is 0 Å². The molecule has 4 heteroatoms. The molecule has 0 radical (unpaired) electrons. The lowest BCUT2D eigenvalue weighted by Crippen LogP contribution is -2.40. The topological polar surface area (TPSA) is 52.3 Å². The first-order valence-electron chi connectivity index (χ1n) is 4.71. The van der Waals surface area contributed by atoms with Crippen LogP contribution >= 0.6 is 0 Å². The lowest BCUT2D eigenvalue weighted by molar-refractivity contribution is -0.150. The van der Waals surface area contributed by atoms with E-state index in [0.717, 1.165) is 0 Å². The molecule has 1 saturated carbocycles. The summed E-state index contributed by atoms with van der Waals surface area (Å²) in [6.45, 7) is 2.11. The van der Waals surface area contributed by atoms with Gasteiger partial charge in [0, 0.05) is 6.04 Å². The highest BCUT2D eigenvalue weighted by Crippen LogP contribution is 2.26. The number of ether oxygens (including phenoxy) is 1. The largest absolute Gasteiger partial charge is 0.466 e. The molecule has 0 unspecified atom stereocenters. The molecular weight excluding hydrogens is 173 g/mol. The number of carbonyl (C=O) groups excluding carboxylic acids is 1. The molecule has 2 N–H and O–H groups in total. The first kappa shape index (κ1) is 10.4. The fourth-order valence-electron chi connectivity index (χ4n) is 1.61. The van der Waals surface area contributed by atoms with Gasteiger partial charge in [-0.25, -0.2) is 4.39 Å². The van der Waals surface area contributed by atoms with Crippen LogP contribution in [0.5, 0.6) is 0 Å². The molecule has 3 atom stereocenters. The minimum Gasteiger partial charge on any atom is -0.466 e. The van der Waals surface area contributed by atoms with Crippen LogP contribution in [0.15, 0.2) is 0 Å². The van der Waals surface area contributed by atoms with Gasteiger partial charge in [-0.1, -0.05) is 0 Å². The maximum absolute atomic E-state index is 13.1. The van der Waals surface area contributed by atoms with Crippen LogP contribution in [0.3, 0.4) is 0 Å². The van der Waals surface area contributed by atoms with E-state index in [1.54, 1.807) is 6.92 Å². The highest BCUT2D eigenvalue weighted by atomic mass is 19.1. The van der Waals surface area contributed by atoms with E-state index in [-0.39, 0.29) is 18.3 Å². The van der Waals surface area contributed by atoms with E-state index >= 15 is 0 Å². The lowest BCUT2D eigenvalue weighted by Gasteiger charge is -2.27. The number of hydrogen-bond acceptors (Lipinski definition) is 3. The number of alkyl halides is 1. The van der Waals surface area contributed by atoms with Gasteiger partial charge in [0.1, 0.15) is 6.17 Å². The predicted octanol–water partition coefficient (Wildman–Crippen LogP) is 1.01. The molecule has 0 aliphatic heterocycles. The van der Waals surface area contributed by atoms with Gasteiger partial charge in [0.2, 0.25) is 0 Å². The van der Waals surface area contributed by atoms with Crippen molar-refractivity contribution in [3.8, 4) is 0 Å². The van der Waals surface area contributed by atoms with Gasteiger partial charge in [-0.05, 0) is 26.2 Å². The minimum atomic E-state index is -1.05. The molecule has 1 aliphatic carbocycles. The Morgan fingerprint density at radius 1 is 1.62 bits per heavy atom.